The number of aliphatic hydroxyl groups is 3. The van der Waals surface area contributed by atoms with E-state index >= 15 is 4.39 Å². The van der Waals surface area contributed by atoms with Gasteiger partial charge < -0.3 is 35.3 Å². The lowest BCUT2D eigenvalue weighted by Gasteiger charge is -2.37. The number of benzene rings is 1. The second kappa shape index (κ2) is 9.98. The van der Waals surface area contributed by atoms with E-state index in [-0.39, 0.29) is 49.4 Å². The fourth-order valence-electron chi connectivity index (χ4n) is 6.46. The number of aryl methyl sites for hydroxylation is 1. The van der Waals surface area contributed by atoms with Gasteiger partial charge in [0.2, 0.25) is 11.8 Å². The van der Waals surface area contributed by atoms with Crippen LogP contribution in [0.2, 0.25) is 0 Å². The zero-order chi connectivity index (χ0) is 29.2. The number of carbonyl (C=O) groups is 2. The van der Waals surface area contributed by atoms with E-state index in [4.69, 9.17) is 14.8 Å². The quantitative estimate of drug-likeness (QED) is 0.215. The lowest BCUT2D eigenvalue weighted by molar-refractivity contribution is -0.236. The molecule has 0 spiro atoms. The molecule has 216 valence electrons. The van der Waals surface area contributed by atoms with Crippen molar-refractivity contribution < 1.29 is 34.0 Å². The molecule has 1 aromatic carbocycles. The zero-order valence-corrected chi connectivity index (χ0v) is 22.7. The molecule has 41 heavy (non-hydrogen) atoms. The number of nitrogens with zero attached hydrogens (tertiary/aromatic N) is 2. The summed E-state index contributed by atoms with van der Waals surface area (Å²) in [4.78, 5) is 43.5. The van der Waals surface area contributed by atoms with Crippen molar-refractivity contribution in [1.82, 2.24) is 20.2 Å². The van der Waals surface area contributed by atoms with Crippen molar-refractivity contribution in [3.63, 3.8) is 0 Å². The molecule has 5 N–H and O–H groups in total. The van der Waals surface area contributed by atoms with Gasteiger partial charge in [-0.2, -0.15) is 0 Å². The van der Waals surface area contributed by atoms with Crippen LogP contribution in [-0.4, -0.2) is 56.1 Å². The van der Waals surface area contributed by atoms with Crippen molar-refractivity contribution in [1.29, 1.82) is 0 Å². The molecule has 0 saturated heterocycles. The zero-order valence-electron chi connectivity index (χ0n) is 22.7. The van der Waals surface area contributed by atoms with E-state index in [0.29, 0.717) is 40.9 Å². The first-order chi connectivity index (χ1) is 19.6. The van der Waals surface area contributed by atoms with Crippen LogP contribution in [0.3, 0.4) is 0 Å². The Bertz CT molecular complexity index is 1690. The molecule has 6 rings (SSSR count). The van der Waals surface area contributed by atoms with Crippen molar-refractivity contribution in [2.24, 2.45) is 0 Å². The third-order valence-corrected chi connectivity index (χ3v) is 8.63. The first-order valence-electron chi connectivity index (χ1n) is 13.7. The third kappa shape index (κ3) is 4.16. The molecule has 12 heteroatoms. The Labute approximate surface area is 234 Å². The van der Waals surface area contributed by atoms with Crippen LogP contribution in [0.25, 0.3) is 22.3 Å². The van der Waals surface area contributed by atoms with Crippen molar-refractivity contribution >= 4 is 22.7 Å². The monoisotopic (exact) mass is 566 g/mol. The number of amides is 2. The van der Waals surface area contributed by atoms with Crippen LogP contribution >= 0.6 is 0 Å². The number of aromatic nitrogens is 2. The van der Waals surface area contributed by atoms with E-state index in [1.54, 1.807) is 19.9 Å². The Hall–Kier alpha value is -3.71. The van der Waals surface area contributed by atoms with Gasteiger partial charge in [0.15, 0.2) is 6.29 Å². The summed E-state index contributed by atoms with van der Waals surface area (Å²) >= 11 is 0. The SMILES string of the molecule is CC[C@]1(O)c2cc3n(c(=O)c2COC1O)Cc1c-3nc2cc(F)c(C)c3c2c1[C@@H](NC(=O)CC(=O)NCCO)CC3. The summed E-state index contributed by atoms with van der Waals surface area (Å²) < 4.78 is 21.9. The van der Waals surface area contributed by atoms with Crippen molar-refractivity contribution in [2.75, 3.05) is 13.2 Å². The van der Waals surface area contributed by atoms with Crippen molar-refractivity contribution in [3.05, 3.63) is 61.7 Å². The molecule has 0 bridgehead atoms. The predicted octanol–water partition coefficient (Wildman–Crippen LogP) is 0.921. The molecule has 4 heterocycles. The minimum absolute atomic E-state index is 0.0401. The Kier molecular flexibility index (Phi) is 6.68. The number of ether oxygens (including phenoxy) is 1. The number of aliphatic hydroxyl groups excluding tert-OH is 2. The highest BCUT2D eigenvalue weighted by atomic mass is 19.1. The largest absolute Gasteiger partial charge is 0.395 e. The number of halogens is 1. The summed E-state index contributed by atoms with van der Waals surface area (Å²) in [5.41, 5.74) is 2.28. The summed E-state index contributed by atoms with van der Waals surface area (Å²) in [7, 11) is 0. The van der Waals surface area contributed by atoms with Gasteiger partial charge in [0.25, 0.3) is 5.56 Å². The van der Waals surface area contributed by atoms with E-state index in [1.807, 2.05) is 0 Å². The Morgan fingerprint density at radius 2 is 2.02 bits per heavy atom. The van der Waals surface area contributed by atoms with Gasteiger partial charge in [-0.15, -0.1) is 0 Å². The van der Waals surface area contributed by atoms with Crippen LogP contribution in [0.1, 0.15) is 65.6 Å². The van der Waals surface area contributed by atoms with E-state index in [9.17, 15) is 24.6 Å². The molecule has 2 aromatic heterocycles. The average molecular weight is 567 g/mol. The second-order valence-corrected chi connectivity index (χ2v) is 10.9. The Morgan fingerprint density at radius 1 is 1.24 bits per heavy atom. The lowest BCUT2D eigenvalue weighted by atomic mass is 9.81. The average Bonchev–Trinajstić information content (AvgIpc) is 3.32. The van der Waals surface area contributed by atoms with E-state index in [0.717, 1.165) is 16.5 Å². The number of hydrogen-bond acceptors (Lipinski definition) is 8. The molecular formula is C29H31FN4O7. The topological polar surface area (TPSA) is 163 Å². The highest BCUT2D eigenvalue weighted by molar-refractivity contribution is 5.98. The summed E-state index contributed by atoms with van der Waals surface area (Å²) in [6.45, 7) is 3.16. The van der Waals surface area contributed by atoms with Crippen LogP contribution in [0.15, 0.2) is 16.9 Å². The van der Waals surface area contributed by atoms with Gasteiger partial charge in [0, 0.05) is 34.7 Å². The van der Waals surface area contributed by atoms with Crippen molar-refractivity contribution in [2.45, 2.75) is 70.6 Å². The second-order valence-electron chi connectivity index (χ2n) is 10.9. The number of hydrogen-bond donors (Lipinski definition) is 5. The molecule has 3 atom stereocenters. The smallest absolute Gasteiger partial charge is 0.257 e. The normalized spacial score (nSPS) is 22.2. The first kappa shape index (κ1) is 27.5. The number of rotatable bonds is 6. The Balaban J connectivity index is 1.51. The van der Waals surface area contributed by atoms with Crippen molar-refractivity contribution in [3.8, 4) is 11.4 Å². The molecule has 1 aliphatic carbocycles. The first-order valence-corrected chi connectivity index (χ1v) is 13.7. The summed E-state index contributed by atoms with van der Waals surface area (Å²) in [5.74, 6) is -1.43. The maximum Gasteiger partial charge on any atom is 0.257 e. The minimum Gasteiger partial charge on any atom is -0.395 e. The van der Waals surface area contributed by atoms with Crippen LogP contribution in [0.4, 0.5) is 4.39 Å². The highest BCUT2D eigenvalue weighted by Gasteiger charge is 2.45. The van der Waals surface area contributed by atoms with Gasteiger partial charge >= 0.3 is 0 Å². The number of pyridine rings is 2. The molecule has 0 saturated carbocycles. The summed E-state index contributed by atoms with van der Waals surface area (Å²) in [5, 5.41) is 36.8. The van der Waals surface area contributed by atoms with Crippen LogP contribution < -0.4 is 16.2 Å². The van der Waals surface area contributed by atoms with Gasteiger partial charge in [-0.05, 0) is 48.9 Å². The molecule has 3 aliphatic rings. The van der Waals surface area contributed by atoms with E-state index < -0.39 is 42.0 Å². The van der Waals surface area contributed by atoms with Gasteiger partial charge in [-0.3, -0.25) is 14.4 Å². The summed E-state index contributed by atoms with van der Waals surface area (Å²) in [6, 6.07) is 2.47. The van der Waals surface area contributed by atoms with Crippen LogP contribution in [0, 0.1) is 12.7 Å². The number of nitrogens with one attached hydrogen (secondary N) is 2. The predicted molar refractivity (Wildman–Crippen MR) is 144 cm³/mol. The van der Waals surface area contributed by atoms with Gasteiger partial charge in [-0.1, -0.05) is 6.92 Å². The highest BCUT2D eigenvalue weighted by Crippen LogP contribution is 2.46. The molecule has 11 nitrogen and oxygen atoms in total. The van der Waals surface area contributed by atoms with Gasteiger partial charge in [0.1, 0.15) is 17.8 Å². The van der Waals surface area contributed by atoms with E-state index in [1.165, 1.54) is 10.6 Å². The molecular weight excluding hydrogens is 535 g/mol. The molecule has 3 aromatic rings. The summed E-state index contributed by atoms with van der Waals surface area (Å²) in [6.07, 6.45) is -0.907. The standard InChI is InChI=1S/C29H31FN4O7/c1-3-29(40)17-8-21-26-15(11-34(21)27(38)16(17)12-41-28(29)39)25-19(32-23(37)10-22(36)31-6-7-35)5-4-14-13(2)18(30)9-20(33-26)24(14)25/h8-9,19,28,35,39-40H,3-7,10-12H2,1-2H3,(H,31,36)(H,32,37)/t19-,28?,29-/m0/s1. The maximum atomic E-state index is 15.0. The van der Waals surface area contributed by atoms with Gasteiger partial charge in [0.05, 0.1) is 42.7 Å². The lowest BCUT2D eigenvalue weighted by Crippen LogP contribution is -2.47. The third-order valence-electron chi connectivity index (χ3n) is 8.63. The molecule has 2 amide bonds. The van der Waals surface area contributed by atoms with Crippen LogP contribution in [0.5, 0.6) is 0 Å². The fourth-order valence-corrected chi connectivity index (χ4v) is 6.46. The number of fused-ring (bicyclic) bond motifs is 5. The molecule has 0 fully saturated rings. The molecule has 2 aliphatic heterocycles. The molecule has 0 radical (unpaired) electrons. The van der Waals surface area contributed by atoms with Crippen LogP contribution in [-0.2, 0) is 39.5 Å². The Morgan fingerprint density at radius 3 is 2.76 bits per heavy atom. The molecule has 1 unspecified atom stereocenters. The van der Waals surface area contributed by atoms with E-state index in [2.05, 4.69) is 10.6 Å². The van der Waals surface area contributed by atoms with Gasteiger partial charge in [-0.25, -0.2) is 9.37 Å². The number of carbonyl (C=O) groups excluding carboxylic acids is 2. The fraction of sp³-hybridized carbons (Fsp3) is 0.448. The maximum absolute atomic E-state index is 15.0. The minimum atomic E-state index is -1.79.